The Balaban J connectivity index is 1.85. The van der Waals surface area contributed by atoms with E-state index in [4.69, 9.17) is 27.9 Å². The van der Waals surface area contributed by atoms with Crippen molar-refractivity contribution < 1.29 is 14.2 Å². The Kier molecular flexibility index (Phi) is 5.19. The molecule has 10 nitrogen and oxygen atoms in total. The maximum Gasteiger partial charge on any atom is 0.426 e. The van der Waals surface area contributed by atoms with Gasteiger partial charge in [-0.2, -0.15) is 4.98 Å². The fourth-order valence-electron chi connectivity index (χ4n) is 1.94. The Bertz CT molecular complexity index is 987. The maximum atomic E-state index is 11.9. The molecule has 0 saturated carbocycles. The highest BCUT2D eigenvalue weighted by molar-refractivity contribution is 6.42. The highest BCUT2D eigenvalue weighted by Gasteiger charge is 2.18. The summed E-state index contributed by atoms with van der Waals surface area (Å²) in [5.41, 5.74) is 5.29. The molecular formula is C15H15Cl2N7O3. The molecule has 0 unspecified atom stereocenters. The molecule has 1 aromatic carbocycles. The minimum Gasteiger partial charge on any atom is -0.443 e. The summed E-state index contributed by atoms with van der Waals surface area (Å²) in [6.45, 7) is 5.24. The Morgan fingerprint density at radius 1 is 1.07 bits per heavy atom. The molecule has 142 valence electrons. The van der Waals surface area contributed by atoms with E-state index in [9.17, 15) is 4.79 Å². The number of aromatic nitrogens is 4. The van der Waals surface area contributed by atoms with E-state index in [0.29, 0.717) is 15.7 Å². The van der Waals surface area contributed by atoms with Crippen molar-refractivity contribution in [1.29, 1.82) is 0 Å². The molecule has 0 aliphatic rings. The van der Waals surface area contributed by atoms with E-state index in [1.165, 1.54) is 0 Å². The number of anilines is 3. The van der Waals surface area contributed by atoms with E-state index in [0.717, 1.165) is 0 Å². The first-order valence-electron chi connectivity index (χ1n) is 7.69. The third-order valence-corrected chi connectivity index (χ3v) is 3.72. The number of fused-ring (bicyclic) bond motifs is 1. The first kappa shape index (κ1) is 18.9. The van der Waals surface area contributed by atoms with Crippen LogP contribution in [0.25, 0.3) is 11.3 Å². The average Bonchev–Trinajstić information content (AvgIpc) is 3.01. The molecular weight excluding hydrogens is 397 g/mol. The van der Waals surface area contributed by atoms with Gasteiger partial charge in [0.25, 0.3) is 0 Å². The van der Waals surface area contributed by atoms with Crippen LogP contribution in [0.15, 0.2) is 22.8 Å². The summed E-state index contributed by atoms with van der Waals surface area (Å²) in [7, 11) is 0. The van der Waals surface area contributed by atoms with Crippen molar-refractivity contribution in [2.45, 2.75) is 26.4 Å². The molecule has 2 aromatic heterocycles. The first-order valence-corrected chi connectivity index (χ1v) is 8.44. The number of amides is 1. The number of hydrazine groups is 1. The van der Waals surface area contributed by atoms with E-state index in [1.807, 2.05) is 0 Å². The largest absolute Gasteiger partial charge is 0.443 e. The zero-order chi connectivity index (χ0) is 19.6. The molecule has 12 heteroatoms. The van der Waals surface area contributed by atoms with Gasteiger partial charge < -0.3 is 10.1 Å². The predicted molar refractivity (Wildman–Crippen MR) is 100 cm³/mol. The monoisotopic (exact) mass is 411 g/mol. The Morgan fingerprint density at radius 3 is 2.37 bits per heavy atom. The molecule has 2 heterocycles. The standard InChI is InChI=1S/C15H15Cl2N7O3/c1-15(2,3)26-14(25)22-21-11-10(19-12-13(20-11)24-27-23-12)18-7-4-5-8(16)9(17)6-7/h4-6H,1-3H3,(H,22,25)(H,18,19,23)(H,20,21,24). The number of ether oxygens (including phenoxy) is 1. The number of hydrogen-bond donors (Lipinski definition) is 3. The fraction of sp³-hybridized carbons (Fsp3) is 0.267. The molecule has 0 saturated heterocycles. The summed E-state index contributed by atoms with van der Waals surface area (Å²) in [6, 6.07) is 4.94. The van der Waals surface area contributed by atoms with Gasteiger partial charge in [-0.3, -0.25) is 5.43 Å². The number of carbonyl (C=O) groups excluding carboxylic acids is 1. The van der Waals surface area contributed by atoms with Gasteiger partial charge in [0.1, 0.15) is 5.60 Å². The van der Waals surface area contributed by atoms with Crippen LogP contribution >= 0.6 is 23.2 Å². The number of rotatable bonds is 4. The van der Waals surface area contributed by atoms with E-state index in [1.54, 1.807) is 39.0 Å². The van der Waals surface area contributed by atoms with E-state index in [2.05, 4.69) is 41.1 Å². The van der Waals surface area contributed by atoms with Gasteiger partial charge >= 0.3 is 6.09 Å². The van der Waals surface area contributed by atoms with Crippen molar-refractivity contribution in [1.82, 2.24) is 25.7 Å². The van der Waals surface area contributed by atoms with Crippen LogP contribution < -0.4 is 16.2 Å². The van der Waals surface area contributed by atoms with Gasteiger partial charge in [0, 0.05) is 5.69 Å². The summed E-state index contributed by atoms with van der Waals surface area (Å²) in [6.07, 6.45) is -0.692. The number of halogens is 2. The second-order valence-electron chi connectivity index (χ2n) is 6.34. The normalized spacial score (nSPS) is 11.3. The highest BCUT2D eigenvalue weighted by Crippen LogP contribution is 2.28. The van der Waals surface area contributed by atoms with Crippen LogP contribution in [0.1, 0.15) is 20.8 Å². The second kappa shape index (κ2) is 7.41. The topological polar surface area (TPSA) is 127 Å². The summed E-state index contributed by atoms with van der Waals surface area (Å²) in [5, 5.41) is 11.1. The highest BCUT2D eigenvalue weighted by atomic mass is 35.5. The van der Waals surface area contributed by atoms with Crippen molar-refractivity contribution in [2.24, 2.45) is 0 Å². The van der Waals surface area contributed by atoms with Gasteiger partial charge in [-0.05, 0) is 49.3 Å². The molecule has 1 amide bonds. The van der Waals surface area contributed by atoms with Crippen molar-refractivity contribution in [3.05, 3.63) is 28.2 Å². The molecule has 0 fully saturated rings. The number of benzene rings is 1. The molecule has 3 rings (SSSR count). The van der Waals surface area contributed by atoms with Crippen LogP contribution in [0.4, 0.5) is 22.1 Å². The second-order valence-corrected chi connectivity index (χ2v) is 7.15. The van der Waals surface area contributed by atoms with E-state index < -0.39 is 11.7 Å². The van der Waals surface area contributed by atoms with Crippen LogP contribution in [0.3, 0.4) is 0 Å². The summed E-state index contributed by atoms with van der Waals surface area (Å²) in [4.78, 5) is 20.3. The molecule has 0 bridgehead atoms. The van der Waals surface area contributed by atoms with Crippen LogP contribution in [-0.4, -0.2) is 32.0 Å². The van der Waals surface area contributed by atoms with Gasteiger partial charge in [0.05, 0.1) is 10.0 Å². The Hall–Kier alpha value is -2.85. The van der Waals surface area contributed by atoms with Crippen molar-refractivity contribution in [3.8, 4) is 0 Å². The lowest BCUT2D eigenvalue weighted by atomic mass is 10.2. The third-order valence-electron chi connectivity index (χ3n) is 2.98. The van der Waals surface area contributed by atoms with Crippen molar-refractivity contribution in [3.63, 3.8) is 0 Å². The van der Waals surface area contributed by atoms with Crippen LogP contribution in [-0.2, 0) is 4.74 Å². The predicted octanol–water partition coefficient (Wildman–Crippen LogP) is 3.91. The zero-order valence-corrected chi connectivity index (χ0v) is 16.0. The van der Waals surface area contributed by atoms with Crippen LogP contribution in [0, 0.1) is 0 Å². The molecule has 0 spiro atoms. The number of nitrogens with zero attached hydrogens (tertiary/aromatic N) is 4. The summed E-state index contributed by atoms with van der Waals surface area (Å²) < 4.78 is 9.78. The molecule has 0 aliphatic carbocycles. The summed E-state index contributed by atoms with van der Waals surface area (Å²) in [5.74, 6) is 0.405. The van der Waals surface area contributed by atoms with Crippen molar-refractivity contribution in [2.75, 3.05) is 10.7 Å². The lowest BCUT2D eigenvalue weighted by molar-refractivity contribution is 0.0541. The number of nitrogens with one attached hydrogen (secondary N) is 3. The van der Waals surface area contributed by atoms with Crippen LogP contribution in [0.2, 0.25) is 10.0 Å². The molecule has 0 aliphatic heterocycles. The first-order chi connectivity index (χ1) is 12.7. The third kappa shape index (κ3) is 4.86. The lowest BCUT2D eigenvalue weighted by Gasteiger charge is -2.20. The molecule has 3 aromatic rings. The average molecular weight is 412 g/mol. The molecule has 27 heavy (non-hydrogen) atoms. The molecule has 0 radical (unpaired) electrons. The van der Waals surface area contributed by atoms with Gasteiger partial charge in [-0.15, -0.1) is 0 Å². The van der Waals surface area contributed by atoms with Gasteiger partial charge in [-0.25, -0.2) is 19.8 Å². The van der Waals surface area contributed by atoms with Gasteiger partial charge in [0.2, 0.25) is 11.3 Å². The SMILES string of the molecule is CC(C)(C)OC(=O)NNc1nc2nonc2nc1Nc1ccc(Cl)c(Cl)c1. The Morgan fingerprint density at radius 2 is 1.74 bits per heavy atom. The van der Waals surface area contributed by atoms with E-state index >= 15 is 0 Å². The number of carbonyl (C=O) groups is 1. The minimum absolute atomic E-state index is 0.156. The minimum atomic E-state index is -0.692. The smallest absolute Gasteiger partial charge is 0.426 e. The fourth-order valence-corrected chi connectivity index (χ4v) is 2.23. The van der Waals surface area contributed by atoms with Crippen LogP contribution in [0.5, 0.6) is 0 Å². The van der Waals surface area contributed by atoms with Gasteiger partial charge in [-0.1, -0.05) is 23.2 Å². The maximum absolute atomic E-state index is 11.9. The summed E-state index contributed by atoms with van der Waals surface area (Å²) >= 11 is 12.0. The zero-order valence-electron chi connectivity index (χ0n) is 14.5. The number of hydrogen-bond acceptors (Lipinski definition) is 9. The Labute approximate surface area is 163 Å². The van der Waals surface area contributed by atoms with Crippen molar-refractivity contribution >= 4 is 57.9 Å². The lowest BCUT2D eigenvalue weighted by Crippen LogP contribution is -2.36. The quantitative estimate of drug-likeness (QED) is 0.547. The van der Waals surface area contributed by atoms with E-state index in [-0.39, 0.29) is 22.9 Å². The molecule has 0 atom stereocenters. The van der Waals surface area contributed by atoms with Gasteiger partial charge in [0.15, 0.2) is 11.6 Å². The molecule has 3 N–H and O–H groups in total.